The highest BCUT2D eigenvalue weighted by Gasteiger charge is 2.75. The largest absolute Gasteiger partial charge is 0.504 e. The molecule has 2 saturated carbocycles. The monoisotopic (exact) mass is 523 g/mol. The van der Waals surface area contributed by atoms with Crippen LogP contribution in [-0.2, 0) is 16.6 Å². The maximum Gasteiger partial charge on any atom is 0.298 e. The van der Waals surface area contributed by atoms with E-state index in [1.54, 1.807) is 18.0 Å². The number of nitrogens with zero attached hydrogens (tertiary/aromatic N) is 3. The highest BCUT2D eigenvalue weighted by Crippen LogP contribution is 2.66. The van der Waals surface area contributed by atoms with Crippen molar-refractivity contribution < 1.29 is 19.7 Å². The number of aliphatic hydroxyl groups is 1. The van der Waals surface area contributed by atoms with Crippen LogP contribution in [0.25, 0.3) is 0 Å². The summed E-state index contributed by atoms with van der Waals surface area (Å²) in [5.41, 5.74) is 1.75. The third-order valence-corrected chi connectivity index (χ3v) is 10.1. The van der Waals surface area contributed by atoms with E-state index in [9.17, 15) is 20.3 Å². The molecule has 2 N–H and O–H groups in total. The Bertz CT molecular complexity index is 1480. The second kappa shape index (κ2) is 8.49. The van der Waals surface area contributed by atoms with Gasteiger partial charge in [-0.1, -0.05) is 24.1 Å². The molecule has 1 spiro atoms. The first-order valence-corrected chi connectivity index (χ1v) is 14.0. The number of carbonyl (C=O) groups excluding carboxylic acids is 1. The molecule has 39 heavy (non-hydrogen) atoms. The van der Waals surface area contributed by atoms with Crippen molar-refractivity contribution in [3.8, 4) is 29.4 Å². The van der Waals surface area contributed by atoms with E-state index in [1.165, 1.54) is 12.8 Å². The minimum absolute atomic E-state index is 0.0409. The lowest BCUT2D eigenvalue weighted by molar-refractivity contribution is -0.207. The molecule has 2 aliphatic heterocycles. The molecule has 2 aromatic rings. The van der Waals surface area contributed by atoms with E-state index in [0.717, 1.165) is 28.8 Å². The van der Waals surface area contributed by atoms with Crippen LogP contribution >= 0.6 is 0 Å². The van der Waals surface area contributed by atoms with Gasteiger partial charge >= 0.3 is 0 Å². The van der Waals surface area contributed by atoms with Crippen molar-refractivity contribution in [1.29, 1.82) is 5.26 Å². The molecule has 1 saturated heterocycles. The van der Waals surface area contributed by atoms with Gasteiger partial charge in [-0.15, -0.1) is 0 Å². The van der Waals surface area contributed by atoms with Crippen LogP contribution in [-0.4, -0.2) is 69.3 Å². The van der Waals surface area contributed by atoms with E-state index in [0.29, 0.717) is 37.4 Å². The Morgan fingerprint density at radius 2 is 2.08 bits per heavy atom. The molecule has 200 valence electrons. The average molecular weight is 524 g/mol. The molecule has 0 radical (unpaired) electrons. The summed E-state index contributed by atoms with van der Waals surface area (Å²) in [5.74, 6) is 6.50. The van der Waals surface area contributed by atoms with Gasteiger partial charge in [0.2, 0.25) is 0 Å². The normalized spacial score (nSPS) is 33.7. The second-order valence-corrected chi connectivity index (χ2v) is 12.2. The summed E-state index contributed by atoms with van der Waals surface area (Å²) in [4.78, 5) is 17.3. The summed E-state index contributed by atoms with van der Waals surface area (Å²) < 4.78 is 6.58. The van der Waals surface area contributed by atoms with Gasteiger partial charge in [0, 0.05) is 36.7 Å². The molecule has 7 nitrogen and oxygen atoms in total. The number of hydrogen-bond acceptors (Lipinski definition) is 6. The predicted octanol–water partition coefficient (Wildman–Crippen LogP) is 3.04. The van der Waals surface area contributed by atoms with Crippen molar-refractivity contribution in [2.45, 2.75) is 80.7 Å². The molecule has 2 heterocycles. The van der Waals surface area contributed by atoms with Crippen LogP contribution in [0.15, 0.2) is 36.4 Å². The van der Waals surface area contributed by atoms with Crippen LogP contribution < -0.4 is 4.74 Å². The Morgan fingerprint density at radius 3 is 2.82 bits per heavy atom. The zero-order valence-corrected chi connectivity index (χ0v) is 22.4. The molecule has 3 fully saturated rings. The highest BCUT2D eigenvalue weighted by molar-refractivity contribution is 5.94. The molecular weight excluding hydrogens is 490 g/mol. The number of benzene rings is 2. The van der Waals surface area contributed by atoms with Gasteiger partial charge in [-0.05, 0) is 80.7 Å². The zero-order chi connectivity index (χ0) is 27.1. The third kappa shape index (κ3) is 3.40. The van der Waals surface area contributed by atoms with E-state index in [2.05, 4.69) is 22.8 Å². The van der Waals surface area contributed by atoms with Gasteiger partial charge in [0.25, 0.3) is 5.91 Å². The standard InChI is InChI=1S/C32H33N3O4/c1-19-4-3-5-20(14-19)8-11-27(37)34(2)24-12-13-32(38)26-15-22-9-10-25(36)29-28(22)31(32,30(24)39-29)16-23(17-33)35(26)18-21-6-7-21/h3-5,9-10,14,21,23-24,26,30,36,38H,6-7,12-13,15-16,18H2,1-2H3/t23?,24-,26+,30-,31-,32+/m0/s1. The van der Waals surface area contributed by atoms with Crippen molar-refractivity contribution in [1.82, 2.24) is 9.80 Å². The predicted molar refractivity (Wildman–Crippen MR) is 144 cm³/mol. The van der Waals surface area contributed by atoms with Gasteiger partial charge in [0.05, 0.1) is 29.2 Å². The van der Waals surface area contributed by atoms with Gasteiger partial charge in [-0.3, -0.25) is 9.69 Å². The van der Waals surface area contributed by atoms with Crippen LogP contribution in [0.1, 0.15) is 54.4 Å². The van der Waals surface area contributed by atoms with E-state index in [1.807, 2.05) is 37.3 Å². The summed E-state index contributed by atoms with van der Waals surface area (Å²) in [6.07, 6.45) is 3.81. The number of phenols is 1. The van der Waals surface area contributed by atoms with Gasteiger partial charge in [0.1, 0.15) is 6.10 Å². The van der Waals surface area contributed by atoms with Crippen LogP contribution in [0.4, 0.5) is 0 Å². The lowest BCUT2D eigenvalue weighted by Gasteiger charge is -2.65. The van der Waals surface area contributed by atoms with Crippen molar-refractivity contribution in [3.05, 3.63) is 58.7 Å². The molecule has 7 rings (SSSR count). The number of rotatable bonds is 3. The molecule has 3 aliphatic carbocycles. The summed E-state index contributed by atoms with van der Waals surface area (Å²) in [6, 6.07) is 13.0. The van der Waals surface area contributed by atoms with Crippen molar-refractivity contribution in [2.75, 3.05) is 13.6 Å². The molecule has 5 aliphatic rings. The summed E-state index contributed by atoms with van der Waals surface area (Å²) in [7, 11) is 1.75. The number of amides is 1. The number of aromatic hydroxyl groups is 1. The molecule has 2 bridgehead atoms. The fourth-order valence-electron chi connectivity index (χ4n) is 8.10. The SMILES string of the molecule is Cc1cccc(C#CC(=O)N(C)[C@H]2CC[C@@]3(O)[C@H]4Cc5ccc(O)c6c5[C@@]3(CC(C#N)N4CC3CC3)[C@H]2O6)c1. The first kappa shape index (κ1) is 24.5. The lowest BCUT2D eigenvalue weighted by atomic mass is 9.47. The number of carbonyl (C=O) groups is 1. The quantitative estimate of drug-likeness (QED) is 0.601. The Kier molecular flexibility index (Phi) is 5.34. The number of aryl methyl sites for hydroxylation is 1. The Morgan fingerprint density at radius 1 is 1.26 bits per heavy atom. The molecular formula is C32H33N3O4. The lowest BCUT2D eigenvalue weighted by Crippen LogP contribution is -2.79. The molecule has 2 aromatic carbocycles. The average Bonchev–Trinajstić information content (AvgIpc) is 3.67. The van der Waals surface area contributed by atoms with E-state index >= 15 is 0 Å². The molecule has 7 heteroatoms. The molecule has 1 amide bonds. The van der Waals surface area contributed by atoms with Crippen LogP contribution in [0.5, 0.6) is 11.5 Å². The Balaban J connectivity index is 1.30. The topological polar surface area (TPSA) is 97.0 Å². The van der Waals surface area contributed by atoms with Gasteiger partial charge < -0.3 is 19.8 Å². The number of likely N-dealkylation sites (N-methyl/N-ethyl adjacent to an activating group) is 1. The zero-order valence-electron chi connectivity index (χ0n) is 22.4. The minimum Gasteiger partial charge on any atom is -0.504 e. The maximum absolute atomic E-state index is 13.4. The minimum atomic E-state index is -1.13. The first-order chi connectivity index (χ1) is 18.8. The maximum atomic E-state index is 13.4. The van der Waals surface area contributed by atoms with Gasteiger partial charge in [0.15, 0.2) is 11.5 Å². The molecule has 1 unspecified atom stereocenters. The fraction of sp³-hybridized carbons (Fsp3) is 0.500. The van der Waals surface area contributed by atoms with E-state index < -0.39 is 17.1 Å². The van der Waals surface area contributed by atoms with Crippen molar-refractivity contribution in [3.63, 3.8) is 0 Å². The number of hydrogen-bond donors (Lipinski definition) is 2. The second-order valence-electron chi connectivity index (χ2n) is 12.2. The van der Waals surface area contributed by atoms with Gasteiger partial charge in [-0.25, -0.2) is 0 Å². The Labute approximate surface area is 229 Å². The Hall–Kier alpha value is -3.52. The van der Waals surface area contributed by atoms with Gasteiger partial charge in [-0.2, -0.15) is 5.26 Å². The van der Waals surface area contributed by atoms with Crippen molar-refractivity contribution in [2.24, 2.45) is 5.92 Å². The number of piperidine rings is 1. The van der Waals surface area contributed by atoms with E-state index in [4.69, 9.17) is 4.74 Å². The number of phenolic OH excluding ortho intramolecular Hbond substituents is 1. The third-order valence-electron chi connectivity index (χ3n) is 10.1. The molecule has 0 aromatic heterocycles. The summed E-state index contributed by atoms with van der Waals surface area (Å²) >= 11 is 0. The smallest absolute Gasteiger partial charge is 0.298 e. The number of nitriles is 1. The highest BCUT2D eigenvalue weighted by atomic mass is 16.5. The fourth-order valence-corrected chi connectivity index (χ4v) is 8.10. The summed E-state index contributed by atoms with van der Waals surface area (Å²) in [6.45, 7) is 2.81. The summed E-state index contributed by atoms with van der Waals surface area (Å²) in [5, 5.41) is 33.9. The van der Waals surface area contributed by atoms with Crippen LogP contribution in [0, 0.1) is 36.0 Å². The van der Waals surface area contributed by atoms with Crippen LogP contribution in [0.3, 0.4) is 0 Å². The molecule has 6 atom stereocenters. The van der Waals surface area contributed by atoms with E-state index in [-0.39, 0.29) is 29.8 Å². The first-order valence-electron chi connectivity index (χ1n) is 14.0. The number of likely N-dealkylation sites (tertiary alicyclic amines) is 1. The van der Waals surface area contributed by atoms with Crippen LogP contribution in [0.2, 0.25) is 0 Å². The number of ether oxygens (including phenoxy) is 1. The van der Waals surface area contributed by atoms with Crippen molar-refractivity contribution >= 4 is 5.91 Å².